The normalized spacial score (nSPS) is 9.76. The Hall–Kier alpha value is -2.31. The molecule has 1 N–H and O–H groups in total. The molecule has 0 radical (unpaired) electrons. The monoisotopic (exact) mass is 241 g/mol. The van der Waals surface area contributed by atoms with Crippen molar-refractivity contribution in [2.45, 2.75) is 6.42 Å². The minimum Gasteiger partial charge on any atom is -0.490 e. The average Bonchev–Trinajstić information content (AvgIpc) is 2.26. The van der Waals surface area contributed by atoms with Gasteiger partial charge in [-0.3, -0.25) is 14.9 Å². The second kappa shape index (κ2) is 5.15. The van der Waals surface area contributed by atoms with Crippen molar-refractivity contribution in [1.29, 1.82) is 0 Å². The second-order valence-electron chi connectivity index (χ2n) is 3.18. The smallest absolute Gasteiger partial charge is 0.352 e. The Kier molecular flexibility index (Phi) is 3.86. The van der Waals surface area contributed by atoms with Crippen molar-refractivity contribution < 1.29 is 24.3 Å². The molecule has 0 saturated heterocycles. The molecule has 0 aromatic heterocycles. The molecule has 0 bridgehead atoms. The van der Waals surface area contributed by atoms with E-state index < -0.39 is 10.9 Å². The predicted octanol–water partition coefficient (Wildman–Crippen LogP) is 1.24. The summed E-state index contributed by atoms with van der Waals surface area (Å²) in [7, 11) is 2.54. The minimum atomic E-state index is -1.04. The lowest BCUT2D eigenvalue weighted by molar-refractivity contribution is -0.386. The van der Waals surface area contributed by atoms with Crippen LogP contribution in [0.3, 0.4) is 0 Å². The van der Waals surface area contributed by atoms with Crippen molar-refractivity contribution in [2.75, 3.05) is 14.2 Å². The quantitative estimate of drug-likeness (QED) is 0.615. The third-order valence-electron chi connectivity index (χ3n) is 2.08. The Morgan fingerprint density at radius 2 is 1.82 bits per heavy atom. The molecule has 0 heterocycles. The van der Waals surface area contributed by atoms with Gasteiger partial charge in [0.2, 0.25) is 11.5 Å². The molecular weight excluding hydrogens is 230 g/mol. The number of carbonyl (C=O) groups is 1. The zero-order chi connectivity index (χ0) is 13.0. The lowest BCUT2D eigenvalue weighted by atomic mass is 10.1. The summed E-state index contributed by atoms with van der Waals surface area (Å²) in [4.78, 5) is 20.8. The summed E-state index contributed by atoms with van der Waals surface area (Å²) < 4.78 is 9.71. The fourth-order valence-corrected chi connectivity index (χ4v) is 1.40. The van der Waals surface area contributed by atoms with Crippen LogP contribution in [0.4, 0.5) is 5.69 Å². The Labute approximate surface area is 96.7 Å². The molecule has 0 unspecified atom stereocenters. The van der Waals surface area contributed by atoms with Crippen molar-refractivity contribution in [3.05, 3.63) is 27.8 Å². The van der Waals surface area contributed by atoms with Crippen LogP contribution in [0.5, 0.6) is 11.5 Å². The highest BCUT2D eigenvalue weighted by Gasteiger charge is 2.23. The first-order chi connectivity index (χ1) is 7.99. The van der Waals surface area contributed by atoms with Crippen molar-refractivity contribution >= 4 is 11.7 Å². The van der Waals surface area contributed by atoms with Crippen molar-refractivity contribution in [2.24, 2.45) is 0 Å². The predicted molar refractivity (Wildman–Crippen MR) is 57.5 cm³/mol. The molecule has 0 aliphatic heterocycles. The number of rotatable bonds is 5. The SMILES string of the molecule is COc1cc(CC(=O)O)cc(OC)c1[N+](=O)[O-]. The number of ether oxygens (including phenoxy) is 2. The van der Waals surface area contributed by atoms with Gasteiger partial charge in [0.15, 0.2) is 0 Å². The van der Waals surface area contributed by atoms with Gasteiger partial charge in [-0.2, -0.15) is 0 Å². The molecule has 0 aliphatic carbocycles. The molecule has 0 spiro atoms. The van der Waals surface area contributed by atoms with E-state index in [2.05, 4.69) is 0 Å². The zero-order valence-corrected chi connectivity index (χ0v) is 9.30. The van der Waals surface area contributed by atoms with Crippen molar-refractivity contribution in [1.82, 2.24) is 0 Å². The molecule has 1 aromatic rings. The Morgan fingerprint density at radius 3 is 2.12 bits per heavy atom. The lowest BCUT2D eigenvalue weighted by Gasteiger charge is -2.08. The maximum Gasteiger partial charge on any atom is 0.352 e. The minimum absolute atomic E-state index is 0.0226. The highest BCUT2D eigenvalue weighted by Crippen LogP contribution is 2.37. The molecule has 0 atom stereocenters. The highest BCUT2D eigenvalue weighted by atomic mass is 16.6. The van der Waals surface area contributed by atoms with E-state index in [1.54, 1.807) is 0 Å². The summed E-state index contributed by atoms with van der Waals surface area (Å²) in [5.74, 6) is -1.08. The van der Waals surface area contributed by atoms with E-state index in [4.69, 9.17) is 14.6 Å². The number of carboxylic acids is 1. The molecule has 17 heavy (non-hydrogen) atoms. The third-order valence-corrected chi connectivity index (χ3v) is 2.08. The highest BCUT2D eigenvalue weighted by molar-refractivity contribution is 5.72. The first kappa shape index (κ1) is 12.8. The molecule has 0 saturated carbocycles. The number of nitro benzene ring substituents is 1. The van der Waals surface area contributed by atoms with Gasteiger partial charge in [-0.05, 0) is 17.7 Å². The maximum absolute atomic E-state index is 10.8. The summed E-state index contributed by atoms with van der Waals surface area (Å²) in [6.07, 6.45) is -0.259. The van der Waals surface area contributed by atoms with Crippen molar-refractivity contribution in [3.63, 3.8) is 0 Å². The fraction of sp³-hybridized carbons (Fsp3) is 0.300. The fourth-order valence-electron chi connectivity index (χ4n) is 1.40. The summed E-state index contributed by atoms with van der Waals surface area (Å²) in [5.41, 5.74) is 0.0564. The summed E-state index contributed by atoms with van der Waals surface area (Å²) in [5, 5.41) is 19.5. The number of hydrogen-bond donors (Lipinski definition) is 1. The number of nitrogens with zero attached hydrogens (tertiary/aromatic N) is 1. The Balaban J connectivity index is 3.33. The summed E-state index contributed by atoms with van der Waals surface area (Å²) in [6.45, 7) is 0. The van der Waals surface area contributed by atoms with Crippen LogP contribution in [0.2, 0.25) is 0 Å². The van der Waals surface area contributed by atoms with Crippen LogP contribution in [-0.4, -0.2) is 30.2 Å². The molecule has 1 rings (SSSR count). The summed E-state index contributed by atoms with van der Waals surface area (Å²) in [6, 6.07) is 2.63. The van der Waals surface area contributed by atoms with Gasteiger partial charge in [0.1, 0.15) is 0 Å². The number of aliphatic carboxylic acids is 1. The van der Waals surface area contributed by atoms with Crippen LogP contribution in [0.25, 0.3) is 0 Å². The second-order valence-corrected chi connectivity index (χ2v) is 3.18. The molecule has 0 fully saturated rings. The molecular formula is C10H11NO6. The third kappa shape index (κ3) is 2.83. The van der Waals surface area contributed by atoms with Crippen LogP contribution < -0.4 is 9.47 Å². The van der Waals surface area contributed by atoms with Gasteiger partial charge in [0.25, 0.3) is 0 Å². The van der Waals surface area contributed by atoms with Crippen LogP contribution in [0.1, 0.15) is 5.56 Å². The van der Waals surface area contributed by atoms with E-state index in [-0.39, 0.29) is 23.6 Å². The van der Waals surface area contributed by atoms with E-state index in [0.717, 1.165) is 0 Å². The van der Waals surface area contributed by atoms with Crippen molar-refractivity contribution in [3.8, 4) is 11.5 Å². The lowest BCUT2D eigenvalue weighted by Crippen LogP contribution is -2.03. The van der Waals surface area contributed by atoms with E-state index >= 15 is 0 Å². The average molecular weight is 241 g/mol. The number of methoxy groups -OCH3 is 2. The van der Waals surface area contributed by atoms with E-state index in [0.29, 0.717) is 5.56 Å². The van der Waals surface area contributed by atoms with Gasteiger partial charge in [-0.1, -0.05) is 0 Å². The molecule has 1 aromatic carbocycles. The van der Waals surface area contributed by atoms with Gasteiger partial charge in [-0.25, -0.2) is 0 Å². The first-order valence-electron chi connectivity index (χ1n) is 4.60. The molecule has 7 heteroatoms. The van der Waals surface area contributed by atoms with Gasteiger partial charge in [0.05, 0.1) is 25.6 Å². The van der Waals surface area contributed by atoms with E-state index in [1.807, 2.05) is 0 Å². The zero-order valence-electron chi connectivity index (χ0n) is 9.30. The summed E-state index contributed by atoms with van der Waals surface area (Å²) >= 11 is 0. The Bertz CT molecular complexity index is 431. The topological polar surface area (TPSA) is 98.9 Å². The van der Waals surface area contributed by atoms with Crippen LogP contribution in [-0.2, 0) is 11.2 Å². The molecule has 0 aliphatic rings. The van der Waals surface area contributed by atoms with Crippen LogP contribution >= 0.6 is 0 Å². The van der Waals surface area contributed by atoms with Gasteiger partial charge >= 0.3 is 11.7 Å². The Morgan fingerprint density at radius 1 is 1.35 bits per heavy atom. The van der Waals surface area contributed by atoms with Gasteiger partial charge < -0.3 is 14.6 Å². The maximum atomic E-state index is 10.8. The standard InChI is InChI=1S/C10H11NO6/c1-16-7-3-6(5-9(12)13)4-8(17-2)10(7)11(14)15/h3-4H,5H2,1-2H3,(H,12,13). The number of hydrogen-bond acceptors (Lipinski definition) is 5. The van der Waals surface area contributed by atoms with Gasteiger partial charge in [-0.15, -0.1) is 0 Å². The van der Waals surface area contributed by atoms with Crippen LogP contribution in [0.15, 0.2) is 12.1 Å². The largest absolute Gasteiger partial charge is 0.490 e. The molecule has 92 valence electrons. The van der Waals surface area contributed by atoms with Gasteiger partial charge in [0, 0.05) is 0 Å². The molecule has 7 nitrogen and oxygen atoms in total. The van der Waals surface area contributed by atoms with E-state index in [1.165, 1.54) is 26.4 Å². The number of nitro groups is 1. The molecule has 0 amide bonds. The van der Waals surface area contributed by atoms with Crippen LogP contribution in [0, 0.1) is 10.1 Å². The number of benzene rings is 1. The number of carboxylic acid groups (broad SMARTS) is 1. The van der Waals surface area contributed by atoms with E-state index in [9.17, 15) is 14.9 Å². The first-order valence-corrected chi connectivity index (χ1v) is 4.60.